The third-order valence-corrected chi connectivity index (χ3v) is 8.68. The lowest BCUT2D eigenvalue weighted by atomic mass is 9.97. The van der Waals surface area contributed by atoms with Crippen LogP contribution < -0.4 is 10.2 Å². The molecule has 164 valence electrons. The van der Waals surface area contributed by atoms with Gasteiger partial charge in [-0.05, 0) is 54.8 Å². The fourth-order valence-electron chi connectivity index (χ4n) is 3.86. The van der Waals surface area contributed by atoms with Crippen LogP contribution in [0, 0.1) is 12.8 Å². The normalized spacial score (nSPS) is 16.3. The van der Waals surface area contributed by atoms with Crippen molar-refractivity contribution in [1.82, 2.24) is 20.5 Å². The van der Waals surface area contributed by atoms with Crippen molar-refractivity contribution in [2.45, 2.75) is 26.3 Å². The molecule has 9 heteroatoms. The number of piperidine rings is 1. The monoisotopic (exact) mass is 481 g/mol. The van der Waals surface area contributed by atoms with E-state index in [2.05, 4.69) is 36.8 Å². The zero-order chi connectivity index (χ0) is 21.9. The Morgan fingerprint density at radius 3 is 2.66 bits per heavy atom. The van der Waals surface area contributed by atoms with Gasteiger partial charge in [-0.25, -0.2) is 4.98 Å². The van der Waals surface area contributed by atoms with Gasteiger partial charge in [-0.1, -0.05) is 12.1 Å². The molecular weight excluding hydrogens is 458 g/mol. The van der Waals surface area contributed by atoms with Crippen molar-refractivity contribution >= 4 is 45.7 Å². The molecule has 32 heavy (non-hydrogen) atoms. The minimum atomic E-state index is -0.0486. The minimum absolute atomic E-state index is 0.0486. The van der Waals surface area contributed by atoms with Gasteiger partial charge in [-0.15, -0.1) is 44.2 Å². The molecule has 1 unspecified atom stereocenters. The SMILES string of the molecule is Cc1nc(-c2cccs2)sc1CNC(=O)C1CCCN(c2ccc(-c3cccs3)nn2)C1. The number of anilines is 1. The smallest absolute Gasteiger partial charge is 0.225 e. The van der Waals surface area contributed by atoms with Crippen LogP contribution in [0.15, 0.2) is 47.2 Å². The summed E-state index contributed by atoms with van der Waals surface area (Å²) < 4.78 is 0. The summed E-state index contributed by atoms with van der Waals surface area (Å²) in [4.78, 5) is 23.2. The lowest BCUT2D eigenvalue weighted by molar-refractivity contribution is -0.125. The minimum Gasteiger partial charge on any atom is -0.354 e. The number of carbonyl (C=O) groups is 1. The Balaban J connectivity index is 1.20. The highest BCUT2D eigenvalue weighted by Crippen LogP contribution is 2.31. The summed E-state index contributed by atoms with van der Waals surface area (Å²) in [5, 5.41) is 17.1. The number of aryl methyl sites for hydroxylation is 1. The molecule has 0 saturated carbocycles. The number of carbonyl (C=O) groups excluding carboxylic acids is 1. The number of nitrogens with zero attached hydrogens (tertiary/aromatic N) is 4. The summed E-state index contributed by atoms with van der Waals surface area (Å²) in [6.45, 7) is 4.10. The Kier molecular flexibility index (Phi) is 6.29. The van der Waals surface area contributed by atoms with Crippen LogP contribution >= 0.6 is 34.0 Å². The molecule has 1 amide bonds. The molecule has 0 bridgehead atoms. The topological polar surface area (TPSA) is 71.0 Å². The highest BCUT2D eigenvalue weighted by Gasteiger charge is 2.27. The first-order chi connectivity index (χ1) is 15.7. The van der Waals surface area contributed by atoms with Gasteiger partial charge in [-0.3, -0.25) is 4.79 Å². The van der Waals surface area contributed by atoms with Crippen LogP contribution in [0.1, 0.15) is 23.4 Å². The van der Waals surface area contributed by atoms with E-state index < -0.39 is 0 Å². The molecule has 1 atom stereocenters. The van der Waals surface area contributed by atoms with Gasteiger partial charge >= 0.3 is 0 Å². The molecule has 0 aromatic carbocycles. The quantitative estimate of drug-likeness (QED) is 0.408. The second-order valence-corrected chi connectivity index (χ2v) is 10.7. The standard InChI is InChI=1S/C23H23N5OS3/c1-15-20(32-23(25-15)19-7-4-12-31-19)13-24-22(29)16-5-2-10-28(14-16)21-9-8-17(26-27-21)18-6-3-11-30-18/h3-4,6-9,11-12,16H,2,5,10,13-14H2,1H3,(H,24,29). The lowest BCUT2D eigenvalue weighted by Gasteiger charge is -2.32. The van der Waals surface area contributed by atoms with Crippen molar-refractivity contribution in [1.29, 1.82) is 0 Å². The maximum absolute atomic E-state index is 12.9. The molecular formula is C23H23N5OS3. The first kappa shape index (κ1) is 21.2. The first-order valence-electron chi connectivity index (χ1n) is 10.6. The molecule has 0 aliphatic carbocycles. The van der Waals surface area contributed by atoms with Gasteiger partial charge in [-0.2, -0.15) is 0 Å². The van der Waals surface area contributed by atoms with E-state index in [-0.39, 0.29) is 11.8 Å². The predicted molar refractivity (Wildman–Crippen MR) is 132 cm³/mol. The molecule has 1 aliphatic heterocycles. The lowest BCUT2D eigenvalue weighted by Crippen LogP contribution is -2.43. The maximum Gasteiger partial charge on any atom is 0.225 e. The van der Waals surface area contributed by atoms with E-state index in [9.17, 15) is 4.79 Å². The van der Waals surface area contributed by atoms with Gasteiger partial charge in [0, 0.05) is 18.0 Å². The van der Waals surface area contributed by atoms with Crippen LogP contribution in [0.25, 0.3) is 20.5 Å². The number of aromatic nitrogens is 3. The van der Waals surface area contributed by atoms with Gasteiger partial charge in [0.2, 0.25) is 5.91 Å². The number of amides is 1. The number of rotatable bonds is 6. The average Bonchev–Trinajstić information content (AvgIpc) is 3.60. The predicted octanol–water partition coefficient (Wildman–Crippen LogP) is 5.23. The van der Waals surface area contributed by atoms with Gasteiger partial charge in [0.25, 0.3) is 0 Å². The molecule has 1 saturated heterocycles. The Hall–Kier alpha value is -2.62. The Morgan fingerprint density at radius 1 is 1.12 bits per heavy atom. The van der Waals surface area contributed by atoms with Crippen LogP contribution in [-0.2, 0) is 11.3 Å². The molecule has 1 fully saturated rings. The van der Waals surface area contributed by atoms with Crippen LogP contribution in [0.2, 0.25) is 0 Å². The van der Waals surface area contributed by atoms with Crippen LogP contribution in [0.3, 0.4) is 0 Å². The van der Waals surface area contributed by atoms with E-state index in [4.69, 9.17) is 0 Å². The van der Waals surface area contributed by atoms with E-state index in [1.807, 2.05) is 42.6 Å². The van der Waals surface area contributed by atoms with Crippen molar-refractivity contribution in [3.05, 3.63) is 57.7 Å². The van der Waals surface area contributed by atoms with Crippen molar-refractivity contribution in [2.75, 3.05) is 18.0 Å². The highest BCUT2D eigenvalue weighted by atomic mass is 32.1. The molecule has 5 heterocycles. The number of thiophene rings is 2. The van der Waals surface area contributed by atoms with Crippen molar-refractivity contribution in [3.63, 3.8) is 0 Å². The molecule has 5 rings (SSSR count). The molecule has 1 aliphatic rings. The Bertz CT molecular complexity index is 1170. The van der Waals surface area contributed by atoms with Crippen molar-refractivity contribution in [2.24, 2.45) is 5.92 Å². The average molecular weight is 482 g/mol. The third-order valence-electron chi connectivity index (χ3n) is 5.59. The van der Waals surface area contributed by atoms with Gasteiger partial charge < -0.3 is 10.2 Å². The van der Waals surface area contributed by atoms with Crippen LogP contribution in [0.5, 0.6) is 0 Å². The van der Waals surface area contributed by atoms with E-state index in [0.717, 1.165) is 51.4 Å². The van der Waals surface area contributed by atoms with Crippen LogP contribution in [0.4, 0.5) is 5.82 Å². The van der Waals surface area contributed by atoms with E-state index in [1.54, 1.807) is 34.0 Å². The summed E-state index contributed by atoms with van der Waals surface area (Å²) >= 11 is 5.00. The maximum atomic E-state index is 12.9. The third kappa shape index (κ3) is 4.60. The van der Waals surface area contributed by atoms with Gasteiger partial charge in [0.05, 0.1) is 27.9 Å². The number of nitrogens with one attached hydrogen (secondary N) is 1. The molecule has 1 N–H and O–H groups in total. The zero-order valence-electron chi connectivity index (χ0n) is 17.7. The summed E-state index contributed by atoms with van der Waals surface area (Å²) in [5.74, 6) is 0.887. The second kappa shape index (κ2) is 9.48. The van der Waals surface area contributed by atoms with E-state index >= 15 is 0 Å². The molecule has 4 aromatic heterocycles. The summed E-state index contributed by atoms with van der Waals surface area (Å²) in [5.41, 5.74) is 1.88. The van der Waals surface area contributed by atoms with E-state index in [0.29, 0.717) is 13.1 Å². The fourth-order valence-corrected chi connectivity index (χ4v) is 6.35. The van der Waals surface area contributed by atoms with Crippen molar-refractivity contribution in [3.8, 4) is 20.5 Å². The molecule has 6 nitrogen and oxygen atoms in total. The first-order valence-corrected chi connectivity index (χ1v) is 13.2. The summed E-state index contributed by atoms with van der Waals surface area (Å²) in [6.07, 6.45) is 1.86. The summed E-state index contributed by atoms with van der Waals surface area (Å²) in [7, 11) is 0. The fraction of sp³-hybridized carbons (Fsp3) is 0.304. The largest absolute Gasteiger partial charge is 0.354 e. The highest BCUT2D eigenvalue weighted by molar-refractivity contribution is 7.21. The Morgan fingerprint density at radius 2 is 1.94 bits per heavy atom. The Labute approximate surface area is 199 Å². The van der Waals surface area contributed by atoms with Gasteiger partial charge in [0.1, 0.15) is 10.7 Å². The number of hydrogen-bond donors (Lipinski definition) is 1. The number of thiazole rings is 1. The molecule has 0 spiro atoms. The second-order valence-electron chi connectivity index (χ2n) is 7.76. The van der Waals surface area contributed by atoms with Crippen LogP contribution in [-0.4, -0.2) is 34.2 Å². The van der Waals surface area contributed by atoms with Gasteiger partial charge in [0.15, 0.2) is 5.82 Å². The number of hydrogen-bond acceptors (Lipinski definition) is 8. The summed E-state index contributed by atoms with van der Waals surface area (Å²) in [6, 6.07) is 12.2. The molecule has 0 radical (unpaired) electrons. The zero-order valence-corrected chi connectivity index (χ0v) is 20.1. The van der Waals surface area contributed by atoms with Crippen molar-refractivity contribution < 1.29 is 4.79 Å². The molecule has 4 aromatic rings. The van der Waals surface area contributed by atoms with E-state index in [1.165, 1.54) is 4.88 Å².